The lowest BCUT2D eigenvalue weighted by Gasteiger charge is -2.13. The van der Waals surface area contributed by atoms with Gasteiger partial charge in [-0.2, -0.15) is 0 Å². The number of anilines is 1. The Kier molecular flexibility index (Phi) is 6.73. The van der Waals surface area contributed by atoms with Gasteiger partial charge in [0.1, 0.15) is 0 Å². The molecule has 0 spiro atoms. The quantitative estimate of drug-likeness (QED) is 0.713. The van der Waals surface area contributed by atoms with Crippen molar-refractivity contribution in [1.29, 1.82) is 0 Å². The normalized spacial score (nSPS) is 11.8. The molecule has 20 heavy (non-hydrogen) atoms. The molecule has 0 bridgehead atoms. The summed E-state index contributed by atoms with van der Waals surface area (Å²) in [5, 5.41) is 14.3. The summed E-state index contributed by atoms with van der Waals surface area (Å²) in [5.74, 6) is -0.262. The molecule has 5 heteroatoms. The van der Waals surface area contributed by atoms with Crippen LogP contribution in [0, 0.1) is 0 Å². The van der Waals surface area contributed by atoms with Crippen molar-refractivity contribution in [3.05, 3.63) is 29.8 Å². The molecule has 1 aromatic carbocycles. The zero-order valence-electron chi connectivity index (χ0n) is 12.0. The monoisotopic (exact) mass is 278 g/mol. The summed E-state index contributed by atoms with van der Waals surface area (Å²) in [6, 6.07) is 6.85. The third-order valence-electron chi connectivity index (χ3n) is 2.90. The fourth-order valence-corrected chi connectivity index (χ4v) is 1.76. The lowest BCUT2D eigenvalue weighted by atomic mass is 10.1. The maximum Gasteiger partial charge on any atom is 0.251 e. The van der Waals surface area contributed by atoms with Crippen molar-refractivity contribution in [2.75, 3.05) is 11.9 Å². The van der Waals surface area contributed by atoms with E-state index < -0.39 is 0 Å². The average Bonchev–Trinajstić information content (AvgIpc) is 2.45. The molecule has 5 nitrogen and oxygen atoms in total. The van der Waals surface area contributed by atoms with Crippen LogP contribution >= 0.6 is 0 Å². The second-order valence-electron chi connectivity index (χ2n) is 4.72. The fourth-order valence-electron chi connectivity index (χ4n) is 1.76. The van der Waals surface area contributed by atoms with Gasteiger partial charge in [-0.1, -0.05) is 13.0 Å². The highest BCUT2D eigenvalue weighted by Gasteiger charge is 2.10. The lowest BCUT2D eigenvalue weighted by Crippen LogP contribution is -2.32. The minimum atomic E-state index is -0.178. The molecule has 1 atom stereocenters. The van der Waals surface area contributed by atoms with Crippen molar-refractivity contribution in [3.8, 4) is 0 Å². The number of hydrogen-bond acceptors (Lipinski definition) is 3. The number of nitrogens with one attached hydrogen (secondary N) is 2. The Hall–Kier alpha value is -1.88. The molecule has 0 heterocycles. The van der Waals surface area contributed by atoms with Crippen molar-refractivity contribution >= 4 is 17.5 Å². The van der Waals surface area contributed by atoms with Gasteiger partial charge in [0.15, 0.2) is 0 Å². The maximum absolute atomic E-state index is 12.0. The predicted molar refractivity (Wildman–Crippen MR) is 78.6 cm³/mol. The topological polar surface area (TPSA) is 78.4 Å². The highest BCUT2D eigenvalue weighted by Crippen LogP contribution is 2.11. The largest absolute Gasteiger partial charge is 0.396 e. The van der Waals surface area contributed by atoms with E-state index in [0.717, 1.165) is 6.42 Å². The van der Waals surface area contributed by atoms with Gasteiger partial charge in [0.25, 0.3) is 5.91 Å². The molecule has 1 rings (SSSR count). The molecule has 1 aromatic rings. The van der Waals surface area contributed by atoms with Gasteiger partial charge in [-0.15, -0.1) is 0 Å². The Morgan fingerprint density at radius 1 is 1.35 bits per heavy atom. The number of amides is 2. The van der Waals surface area contributed by atoms with E-state index in [4.69, 9.17) is 5.11 Å². The number of rotatable bonds is 7. The standard InChI is InChI=1S/C15H22N2O3/c1-3-14(19)17-13-8-4-7-12(10-13)15(20)16-11(2)6-5-9-18/h4,7-8,10-11,18H,3,5-6,9H2,1-2H3,(H,16,20)(H,17,19). The summed E-state index contributed by atoms with van der Waals surface area (Å²) in [5.41, 5.74) is 1.13. The molecule has 0 aliphatic carbocycles. The summed E-state index contributed by atoms with van der Waals surface area (Å²) >= 11 is 0. The van der Waals surface area contributed by atoms with Crippen LogP contribution in [0.15, 0.2) is 24.3 Å². The SMILES string of the molecule is CCC(=O)Nc1cccc(C(=O)NC(C)CCCO)c1. The Bertz CT molecular complexity index is 460. The smallest absolute Gasteiger partial charge is 0.251 e. The molecule has 0 aliphatic rings. The van der Waals surface area contributed by atoms with E-state index >= 15 is 0 Å². The molecule has 0 saturated heterocycles. The van der Waals surface area contributed by atoms with E-state index in [2.05, 4.69) is 10.6 Å². The zero-order chi connectivity index (χ0) is 15.0. The number of benzene rings is 1. The van der Waals surface area contributed by atoms with Gasteiger partial charge in [0, 0.05) is 30.3 Å². The molecular weight excluding hydrogens is 256 g/mol. The van der Waals surface area contributed by atoms with E-state index in [-0.39, 0.29) is 24.5 Å². The summed E-state index contributed by atoms with van der Waals surface area (Å²) < 4.78 is 0. The van der Waals surface area contributed by atoms with Gasteiger partial charge in [0.2, 0.25) is 5.91 Å². The Labute approximate surface area is 119 Å². The third kappa shape index (κ3) is 5.40. The van der Waals surface area contributed by atoms with Crippen molar-refractivity contribution < 1.29 is 14.7 Å². The number of carbonyl (C=O) groups excluding carboxylic acids is 2. The minimum absolute atomic E-state index is 0.00328. The molecule has 0 fully saturated rings. The van der Waals surface area contributed by atoms with Gasteiger partial charge in [0.05, 0.1) is 0 Å². The Morgan fingerprint density at radius 2 is 2.10 bits per heavy atom. The van der Waals surface area contributed by atoms with Crippen LogP contribution in [-0.4, -0.2) is 29.6 Å². The fraction of sp³-hybridized carbons (Fsp3) is 0.467. The van der Waals surface area contributed by atoms with E-state index in [9.17, 15) is 9.59 Å². The first kappa shape index (κ1) is 16.2. The molecule has 0 aliphatic heterocycles. The number of carbonyl (C=O) groups is 2. The van der Waals surface area contributed by atoms with Crippen LogP contribution in [0.25, 0.3) is 0 Å². The first-order valence-electron chi connectivity index (χ1n) is 6.88. The lowest BCUT2D eigenvalue weighted by molar-refractivity contribution is -0.115. The summed E-state index contributed by atoms with van der Waals surface area (Å²) in [6.07, 6.45) is 1.79. The first-order valence-corrected chi connectivity index (χ1v) is 6.88. The van der Waals surface area contributed by atoms with Crippen molar-refractivity contribution in [2.24, 2.45) is 0 Å². The minimum Gasteiger partial charge on any atom is -0.396 e. The molecule has 2 amide bonds. The second kappa shape index (κ2) is 8.32. The van der Waals surface area contributed by atoms with Gasteiger partial charge in [-0.3, -0.25) is 9.59 Å². The molecule has 0 saturated carbocycles. The van der Waals surface area contributed by atoms with Crippen LogP contribution in [0.5, 0.6) is 0 Å². The summed E-state index contributed by atoms with van der Waals surface area (Å²) in [4.78, 5) is 23.4. The molecule has 1 unspecified atom stereocenters. The van der Waals surface area contributed by atoms with Crippen LogP contribution in [0.3, 0.4) is 0 Å². The van der Waals surface area contributed by atoms with Crippen LogP contribution in [0.4, 0.5) is 5.69 Å². The number of hydrogen-bond donors (Lipinski definition) is 3. The third-order valence-corrected chi connectivity index (χ3v) is 2.90. The van der Waals surface area contributed by atoms with Gasteiger partial charge >= 0.3 is 0 Å². The Balaban J connectivity index is 2.64. The van der Waals surface area contributed by atoms with Crippen LogP contribution < -0.4 is 10.6 Å². The number of aliphatic hydroxyl groups excluding tert-OH is 1. The molecule has 0 radical (unpaired) electrons. The zero-order valence-corrected chi connectivity index (χ0v) is 12.0. The first-order chi connectivity index (χ1) is 9.56. The van der Waals surface area contributed by atoms with Gasteiger partial charge < -0.3 is 15.7 Å². The van der Waals surface area contributed by atoms with Crippen molar-refractivity contribution in [2.45, 2.75) is 39.2 Å². The molecule has 110 valence electrons. The van der Waals surface area contributed by atoms with Crippen molar-refractivity contribution in [1.82, 2.24) is 5.32 Å². The van der Waals surface area contributed by atoms with Gasteiger partial charge in [-0.25, -0.2) is 0 Å². The van der Waals surface area contributed by atoms with E-state index in [1.54, 1.807) is 31.2 Å². The maximum atomic E-state index is 12.0. The summed E-state index contributed by atoms with van der Waals surface area (Å²) in [6.45, 7) is 3.80. The highest BCUT2D eigenvalue weighted by molar-refractivity contribution is 5.97. The van der Waals surface area contributed by atoms with Crippen LogP contribution in [-0.2, 0) is 4.79 Å². The predicted octanol–water partition coefficient (Wildman–Crippen LogP) is 1.93. The van der Waals surface area contributed by atoms with E-state index in [1.807, 2.05) is 6.92 Å². The second-order valence-corrected chi connectivity index (χ2v) is 4.72. The molecular formula is C15H22N2O3. The average molecular weight is 278 g/mol. The van der Waals surface area contributed by atoms with E-state index in [1.165, 1.54) is 0 Å². The molecule has 0 aromatic heterocycles. The summed E-state index contributed by atoms with van der Waals surface area (Å²) in [7, 11) is 0. The van der Waals surface area contributed by atoms with Crippen LogP contribution in [0.2, 0.25) is 0 Å². The Morgan fingerprint density at radius 3 is 2.75 bits per heavy atom. The van der Waals surface area contributed by atoms with Gasteiger partial charge in [-0.05, 0) is 38.0 Å². The molecule has 3 N–H and O–H groups in total. The number of aliphatic hydroxyl groups is 1. The van der Waals surface area contributed by atoms with Crippen LogP contribution in [0.1, 0.15) is 43.5 Å². The van der Waals surface area contributed by atoms with E-state index in [0.29, 0.717) is 24.1 Å². The highest BCUT2D eigenvalue weighted by atomic mass is 16.3. The van der Waals surface area contributed by atoms with Crippen molar-refractivity contribution in [3.63, 3.8) is 0 Å².